The van der Waals surface area contributed by atoms with Crippen LogP contribution in [0.5, 0.6) is 0 Å². The van der Waals surface area contributed by atoms with E-state index in [1.807, 2.05) is 41.4 Å². The molecule has 3 aromatic rings. The first-order valence-electron chi connectivity index (χ1n) is 10.9. The maximum Gasteiger partial charge on any atom is 0.255 e. The van der Waals surface area contributed by atoms with Gasteiger partial charge in [0, 0.05) is 32.0 Å². The van der Waals surface area contributed by atoms with E-state index in [-0.39, 0.29) is 17.6 Å². The zero-order valence-corrected chi connectivity index (χ0v) is 17.6. The van der Waals surface area contributed by atoms with Crippen LogP contribution in [0.2, 0.25) is 0 Å². The van der Waals surface area contributed by atoms with Crippen LogP contribution in [0.4, 0.5) is 4.39 Å². The summed E-state index contributed by atoms with van der Waals surface area (Å²) >= 11 is 0. The number of aryl methyl sites for hydroxylation is 2. The number of amides is 1. The van der Waals surface area contributed by atoms with Crippen LogP contribution in [-0.4, -0.2) is 28.9 Å². The standard InChI is InChI=1S/C26H28FN3O/c27-25-9-8-20(16-28)15-24(25)22-10-12-30(13-11-22)26(31)23-14-21(17-29-18-23)7-6-19-4-2-1-3-5-19/h1-5,8-9,14-15,17-18,22H,6-7,10-13,16,28H2. The van der Waals surface area contributed by atoms with Gasteiger partial charge < -0.3 is 10.6 Å². The second-order valence-corrected chi connectivity index (χ2v) is 8.19. The second-order valence-electron chi connectivity index (χ2n) is 8.19. The SMILES string of the molecule is NCc1ccc(F)c(C2CCN(C(=O)c3cncc(CCc4ccccc4)c3)CC2)c1. The van der Waals surface area contributed by atoms with Gasteiger partial charge in [-0.1, -0.05) is 42.5 Å². The Morgan fingerprint density at radius 2 is 1.71 bits per heavy atom. The van der Waals surface area contributed by atoms with Crippen LogP contribution in [0, 0.1) is 5.82 Å². The van der Waals surface area contributed by atoms with E-state index in [1.165, 1.54) is 11.6 Å². The molecular formula is C26H28FN3O. The van der Waals surface area contributed by atoms with Gasteiger partial charge in [-0.25, -0.2) is 4.39 Å². The van der Waals surface area contributed by atoms with E-state index >= 15 is 0 Å². The fraction of sp³-hybridized carbons (Fsp3) is 0.308. The number of halogens is 1. The van der Waals surface area contributed by atoms with Crippen molar-refractivity contribution in [1.29, 1.82) is 0 Å². The van der Waals surface area contributed by atoms with Crippen molar-refractivity contribution in [2.75, 3.05) is 13.1 Å². The van der Waals surface area contributed by atoms with Crippen LogP contribution < -0.4 is 5.73 Å². The van der Waals surface area contributed by atoms with Gasteiger partial charge in [0.2, 0.25) is 0 Å². The van der Waals surface area contributed by atoms with Gasteiger partial charge in [0.05, 0.1) is 5.56 Å². The highest BCUT2D eigenvalue weighted by Gasteiger charge is 2.26. The largest absolute Gasteiger partial charge is 0.339 e. The average Bonchev–Trinajstić information content (AvgIpc) is 2.83. The maximum absolute atomic E-state index is 14.3. The number of carbonyl (C=O) groups excluding carboxylic acids is 1. The van der Waals surface area contributed by atoms with Crippen LogP contribution in [0.25, 0.3) is 0 Å². The lowest BCUT2D eigenvalue weighted by Crippen LogP contribution is -2.38. The lowest BCUT2D eigenvalue weighted by atomic mass is 9.88. The van der Waals surface area contributed by atoms with Crippen molar-refractivity contribution in [2.24, 2.45) is 5.73 Å². The number of rotatable bonds is 6. The van der Waals surface area contributed by atoms with Crippen LogP contribution in [-0.2, 0) is 19.4 Å². The number of benzene rings is 2. The number of hydrogen-bond acceptors (Lipinski definition) is 3. The first-order valence-corrected chi connectivity index (χ1v) is 10.9. The molecule has 1 fully saturated rings. The lowest BCUT2D eigenvalue weighted by molar-refractivity contribution is 0.0712. The molecule has 0 atom stereocenters. The number of likely N-dealkylation sites (tertiary alicyclic amines) is 1. The molecule has 5 heteroatoms. The Hall–Kier alpha value is -3.05. The molecule has 1 aromatic heterocycles. The van der Waals surface area contributed by atoms with E-state index < -0.39 is 0 Å². The molecule has 1 aliphatic heterocycles. The van der Waals surface area contributed by atoms with E-state index in [1.54, 1.807) is 12.3 Å². The fourth-order valence-corrected chi connectivity index (χ4v) is 4.28. The third kappa shape index (κ3) is 5.17. The quantitative estimate of drug-likeness (QED) is 0.643. The topological polar surface area (TPSA) is 59.2 Å². The molecule has 0 spiro atoms. The highest BCUT2D eigenvalue weighted by Crippen LogP contribution is 2.31. The van der Waals surface area contributed by atoms with Gasteiger partial charge in [-0.15, -0.1) is 0 Å². The molecule has 0 bridgehead atoms. The minimum absolute atomic E-state index is 0.00342. The summed E-state index contributed by atoms with van der Waals surface area (Å²) in [6.45, 7) is 1.63. The molecule has 1 saturated heterocycles. The number of carbonyl (C=O) groups is 1. The maximum atomic E-state index is 14.3. The monoisotopic (exact) mass is 417 g/mol. The van der Waals surface area contributed by atoms with Crippen LogP contribution in [0.1, 0.15) is 51.4 Å². The molecule has 1 amide bonds. The zero-order valence-electron chi connectivity index (χ0n) is 17.6. The number of aromatic nitrogens is 1. The molecule has 0 aliphatic carbocycles. The summed E-state index contributed by atoms with van der Waals surface area (Å²) in [5, 5.41) is 0. The second kappa shape index (κ2) is 9.84. The van der Waals surface area contributed by atoms with Crippen molar-refractivity contribution in [3.05, 3.63) is 101 Å². The highest BCUT2D eigenvalue weighted by molar-refractivity contribution is 5.94. The van der Waals surface area contributed by atoms with E-state index in [4.69, 9.17) is 5.73 Å². The Kier molecular flexibility index (Phi) is 6.73. The lowest BCUT2D eigenvalue weighted by Gasteiger charge is -2.32. The van der Waals surface area contributed by atoms with Crippen LogP contribution in [0.3, 0.4) is 0 Å². The highest BCUT2D eigenvalue weighted by atomic mass is 19.1. The molecule has 2 aromatic carbocycles. The number of pyridine rings is 1. The first-order chi connectivity index (χ1) is 15.1. The van der Waals surface area contributed by atoms with E-state index in [0.717, 1.165) is 42.4 Å². The summed E-state index contributed by atoms with van der Waals surface area (Å²) < 4.78 is 14.3. The number of nitrogens with two attached hydrogens (primary N) is 1. The van der Waals surface area contributed by atoms with Gasteiger partial charge in [0.15, 0.2) is 0 Å². The van der Waals surface area contributed by atoms with Crippen LogP contribution in [0.15, 0.2) is 67.0 Å². The summed E-state index contributed by atoms with van der Waals surface area (Å²) in [6.07, 6.45) is 6.73. The predicted octanol–water partition coefficient (Wildman–Crippen LogP) is 4.48. The number of nitrogens with zero attached hydrogens (tertiary/aromatic N) is 2. The smallest absolute Gasteiger partial charge is 0.255 e. The Morgan fingerprint density at radius 3 is 2.45 bits per heavy atom. The first kappa shape index (κ1) is 21.2. The molecule has 31 heavy (non-hydrogen) atoms. The minimum Gasteiger partial charge on any atom is -0.339 e. The Balaban J connectivity index is 1.37. The van der Waals surface area contributed by atoms with Crippen molar-refractivity contribution < 1.29 is 9.18 Å². The minimum atomic E-state index is -0.183. The van der Waals surface area contributed by atoms with Crippen molar-refractivity contribution in [3.8, 4) is 0 Å². The molecule has 4 nitrogen and oxygen atoms in total. The average molecular weight is 418 g/mol. The third-order valence-electron chi connectivity index (χ3n) is 6.11. The van der Waals surface area contributed by atoms with E-state index in [9.17, 15) is 9.18 Å². The number of hydrogen-bond donors (Lipinski definition) is 1. The van der Waals surface area contributed by atoms with Gasteiger partial charge in [0.1, 0.15) is 5.82 Å². The Labute approximate surface area is 182 Å². The van der Waals surface area contributed by atoms with Crippen molar-refractivity contribution >= 4 is 5.91 Å². The van der Waals surface area contributed by atoms with Crippen LogP contribution >= 0.6 is 0 Å². The summed E-state index contributed by atoms with van der Waals surface area (Å²) in [5.74, 6) is -0.0631. The third-order valence-corrected chi connectivity index (χ3v) is 6.11. The molecule has 0 unspecified atom stereocenters. The molecule has 2 heterocycles. The van der Waals surface area contributed by atoms with Gasteiger partial charge in [-0.05, 0) is 66.0 Å². The van der Waals surface area contributed by atoms with Crippen molar-refractivity contribution in [1.82, 2.24) is 9.88 Å². The molecule has 0 saturated carbocycles. The summed E-state index contributed by atoms with van der Waals surface area (Å²) in [5.41, 5.74) is 10.3. The summed E-state index contributed by atoms with van der Waals surface area (Å²) in [6, 6.07) is 17.4. The Bertz CT molecular complexity index is 1030. The summed E-state index contributed by atoms with van der Waals surface area (Å²) in [7, 11) is 0. The van der Waals surface area contributed by atoms with Gasteiger partial charge >= 0.3 is 0 Å². The van der Waals surface area contributed by atoms with Crippen molar-refractivity contribution in [3.63, 3.8) is 0 Å². The predicted molar refractivity (Wildman–Crippen MR) is 120 cm³/mol. The summed E-state index contributed by atoms with van der Waals surface area (Å²) in [4.78, 5) is 19.2. The molecule has 4 rings (SSSR count). The molecule has 2 N–H and O–H groups in total. The fourth-order valence-electron chi connectivity index (χ4n) is 4.28. The van der Waals surface area contributed by atoms with Crippen molar-refractivity contribution in [2.45, 2.75) is 38.1 Å². The van der Waals surface area contributed by atoms with Gasteiger partial charge in [0.25, 0.3) is 5.91 Å². The van der Waals surface area contributed by atoms with E-state index in [0.29, 0.717) is 25.2 Å². The molecular weight excluding hydrogens is 389 g/mol. The Morgan fingerprint density at radius 1 is 0.968 bits per heavy atom. The molecule has 1 aliphatic rings. The molecule has 0 radical (unpaired) electrons. The van der Waals surface area contributed by atoms with Gasteiger partial charge in [-0.2, -0.15) is 0 Å². The zero-order chi connectivity index (χ0) is 21.6. The normalized spacial score (nSPS) is 14.6. The van der Waals surface area contributed by atoms with Gasteiger partial charge in [-0.3, -0.25) is 9.78 Å². The molecule has 160 valence electrons. The number of piperidine rings is 1. The van der Waals surface area contributed by atoms with E-state index in [2.05, 4.69) is 17.1 Å².